The van der Waals surface area contributed by atoms with E-state index in [1.165, 1.54) is 0 Å². The lowest BCUT2D eigenvalue weighted by Gasteiger charge is -2.06. The Bertz CT molecular complexity index is 597. The van der Waals surface area contributed by atoms with Gasteiger partial charge in [-0.25, -0.2) is 4.98 Å². The predicted molar refractivity (Wildman–Crippen MR) is 83.4 cm³/mol. The van der Waals surface area contributed by atoms with E-state index in [-0.39, 0.29) is 5.91 Å². The summed E-state index contributed by atoms with van der Waals surface area (Å²) >= 11 is 8.03. The van der Waals surface area contributed by atoms with Crippen molar-refractivity contribution in [2.24, 2.45) is 7.05 Å². The van der Waals surface area contributed by atoms with E-state index >= 15 is 0 Å². The second-order valence-corrected chi connectivity index (χ2v) is 5.66. The molecule has 0 spiro atoms. The first-order valence-corrected chi connectivity index (χ1v) is 7.23. The van der Waals surface area contributed by atoms with Crippen molar-refractivity contribution >= 4 is 40.1 Å². The van der Waals surface area contributed by atoms with E-state index in [9.17, 15) is 4.79 Å². The molecule has 0 fully saturated rings. The SMILES string of the molecule is Cn1ccnc1CCNC(=O)c1ccc(Cl)c(I)c1. The lowest BCUT2D eigenvalue weighted by atomic mass is 10.2. The van der Waals surface area contributed by atoms with E-state index < -0.39 is 0 Å². The minimum atomic E-state index is -0.0937. The molecular weight excluding hydrogens is 377 g/mol. The van der Waals surface area contributed by atoms with Gasteiger partial charge in [0.05, 0.1) is 5.02 Å². The number of imidazole rings is 1. The topological polar surface area (TPSA) is 46.9 Å². The maximum atomic E-state index is 11.9. The number of carbonyl (C=O) groups excluding carboxylic acids is 1. The largest absolute Gasteiger partial charge is 0.352 e. The third-order valence-electron chi connectivity index (χ3n) is 2.74. The molecule has 1 aromatic heterocycles. The summed E-state index contributed by atoms with van der Waals surface area (Å²) in [6, 6.07) is 5.23. The van der Waals surface area contributed by atoms with Crippen LogP contribution < -0.4 is 5.32 Å². The van der Waals surface area contributed by atoms with Crippen LogP contribution in [-0.2, 0) is 13.5 Å². The van der Waals surface area contributed by atoms with E-state index in [0.29, 0.717) is 23.6 Å². The van der Waals surface area contributed by atoms with Gasteiger partial charge in [-0.1, -0.05) is 11.6 Å². The van der Waals surface area contributed by atoms with E-state index in [4.69, 9.17) is 11.6 Å². The zero-order valence-corrected chi connectivity index (χ0v) is 13.3. The van der Waals surface area contributed by atoms with Crippen molar-refractivity contribution in [3.63, 3.8) is 0 Å². The van der Waals surface area contributed by atoms with Crippen LogP contribution in [0.3, 0.4) is 0 Å². The Kier molecular flexibility index (Phi) is 4.81. The maximum absolute atomic E-state index is 11.9. The number of aryl methyl sites for hydroxylation is 1. The highest BCUT2D eigenvalue weighted by Gasteiger charge is 2.07. The molecule has 0 bridgehead atoms. The van der Waals surface area contributed by atoms with E-state index in [2.05, 4.69) is 32.9 Å². The van der Waals surface area contributed by atoms with Gasteiger partial charge in [0.15, 0.2) is 0 Å². The average Bonchev–Trinajstić information content (AvgIpc) is 2.78. The standard InChI is InChI=1S/C13H13ClIN3O/c1-18-7-6-16-12(18)4-5-17-13(19)9-2-3-10(14)11(15)8-9/h2-3,6-8H,4-5H2,1H3,(H,17,19). The fourth-order valence-electron chi connectivity index (χ4n) is 1.66. The molecule has 2 aromatic rings. The predicted octanol–water partition coefficient (Wildman–Crippen LogP) is 2.65. The summed E-state index contributed by atoms with van der Waals surface area (Å²) in [5.41, 5.74) is 0.619. The fraction of sp³-hybridized carbons (Fsp3) is 0.231. The molecule has 0 atom stereocenters. The van der Waals surface area contributed by atoms with Crippen LogP contribution in [0.25, 0.3) is 0 Å². The van der Waals surface area contributed by atoms with Gasteiger partial charge in [0, 0.05) is 41.5 Å². The molecule has 0 radical (unpaired) electrons. The van der Waals surface area contributed by atoms with Crippen molar-refractivity contribution in [2.45, 2.75) is 6.42 Å². The monoisotopic (exact) mass is 389 g/mol. The summed E-state index contributed by atoms with van der Waals surface area (Å²) in [6.45, 7) is 0.558. The zero-order valence-electron chi connectivity index (χ0n) is 10.4. The Labute approximate surface area is 130 Å². The molecule has 19 heavy (non-hydrogen) atoms. The lowest BCUT2D eigenvalue weighted by molar-refractivity contribution is 0.0954. The number of nitrogens with zero attached hydrogens (tertiary/aromatic N) is 2. The van der Waals surface area contributed by atoms with Gasteiger partial charge in [-0.05, 0) is 40.8 Å². The third kappa shape index (κ3) is 3.70. The first kappa shape index (κ1) is 14.3. The summed E-state index contributed by atoms with van der Waals surface area (Å²) in [6.07, 6.45) is 4.34. The second kappa shape index (κ2) is 6.38. The molecular formula is C13H13ClIN3O. The van der Waals surface area contributed by atoms with E-state index in [0.717, 1.165) is 9.39 Å². The number of rotatable bonds is 4. The summed E-state index contributed by atoms with van der Waals surface area (Å²) in [4.78, 5) is 16.1. The summed E-state index contributed by atoms with van der Waals surface area (Å²) in [7, 11) is 1.94. The van der Waals surface area contributed by atoms with Crippen molar-refractivity contribution in [3.05, 3.63) is 50.6 Å². The fourth-order valence-corrected chi connectivity index (χ4v) is 2.30. The van der Waals surface area contributed by atoms with Crippen LogP contribution in [0.4, 0.5) is 0 Å². The zero-order chi connectivity index (χ0) is 13.8. The number of halogens is 2. The molecule has 6 heteroatoms. The number of carbonyl (C=O) groups is 1. The molecule has 0 aliphatic rings. The minimum absolute atomic E-state index is 0.0937. The van der Waals surface area contributed by atoms with Gasteiger partial charge < -0.3 is 9.88 Å². The number of aromatic nitrogens is 2. The van der Waals surface area contributed by atoms with Crippen LogP contribution in [-0.4, -0.2) is 22.0 Å². The highest BCUT2D eigenvalue weighted by molar-refractivity contribution is 14.1. The molecule has 2 rings (SSSR count). The second-order valence-electron chi connectivity index (χ2n) is 4.09. The molecule has 0 aliphatic heterocycles. The van der Waals surface area contributed by atoms with Crippen molar-refractivity contribution in [1.82, 2.24) is 14.9 Å². The maximum Gasteiger partial charge on any atom is 0.251 e. The summed E-state index contributed by atoms with van der Waals surface area (Å²) in [5, 5.41) is 3.53. The van der Waals surface area contributed by atoms with Gasteiger partial charge in [-0.2, -0.15) is 0 Å². The van der Waals surface area contributed by atoms with Gasteiger partial charge in [0.25, 0.3) is 5.91 Å². The minimum Gasteiger partial charge on any atom is -0.352 e. The molecule has 1 aromatic carbocycles. The van der Waals surface area contributed by atoms with Gasteiger partial charge in [0.2, 0.25) is 0 Å². The van der Waals surface area contributed by atoms with Crippen molar-refractivity contribution in [2.75, 3.05) is 6.54 Å². The Morgan fingerprint density at radius 2 is 2.32 bits per heavy atom. The average molecular weight is 390 g/mol. The summed E-state index contributed by atoms with van der Waals surface area (Å²) in [5.74, 6) is 0.856. The quantitative estimate of drug-likeness (QED) is 0.817. The lowest BCUT2D eigenvalue weighted by Crippen LogP contribution is -2.26. The van der Waals surface area contributed by atoms with Crippen LogP contribution in [0.5, 0.6) is 0 Å². The third-order valence-corrected chi connectivity index (χ3v) is 4.28. The highest BCUT2D eigenvalue weighted by atomic mass is 127. The van der Waals surface area contributed by atoms with Crippen LogP contribution in [0.2, 0.25) is 5.02 Å². The Balaban J connectivity index is 1.91. The number of benzene rings is 1. The molecule has 0 saturated heterocycles. The first-order chi connectivity index (χ1) is 9.08. The Hall–Kier alpha value is -1.08. The van der Waals surface area contributed by atoms with E-state index in [1.54, 1.807) is 24.4 Å². The van der Waals surface area contributed by atoms with Crippen molar-refractivity contribution < 1.29 is 4.79 Å². The molecule has 0 aliphatic carbocycles. The van der Waals surface area contributed by atoms with Gasteiger partial charge in [-0.15, -0.1) is 0 Å². The van der Waals surface area contributed by atoms with Gasteiger partial charge in [-0.3, -0.25) is 4.79 Å². The van der Waals surface area contributed by atoms with Crippen LogP contribution in [0.15, 0.2) is 30.6 Å². The smallest absolute Gasteiger partial charge is 0.251 e. The molecule has 0 unspecified atom stereocenters. The number of nitrogens with one attached hydrogen (secondary N) is 1. The van der Waals surface area contributed by atoms with Crippen LogP contribution in [0, 0.1) is 3.57 Å². The molecule has 1 amide bonds. The normalized spacial score (nSPS) is 10.5. The highest BCUT2D eigenvalue weighted by Crippen LogP contribution is 2.19. The first-order valence-electron chi connectivity index (χ1n) is 5.77. The van der Waals surface area contributed by atoms with Crippen molar-refractivity contribution in [1.29, 1.82) is 0 Å². The Morgan fingerprint density at radius 3 is 2.95 bits per heavy atom. The van der Waals surface area contributed by atoms with Crippen LogP contribution >= 0.6 is 34.2 Å². The van der Waals surface area contributed by atoms with E-state index in [1.807, 2.05) is 17.8 Å². The van der Waals surface area contributed by atoms with Crippen molar-refractivity contribution in [3.8, 4) is 0 Å². The molecule has 100 valence electrons. The van der Waals surface area contributed by atoms with Crippen LogP contribution in [0.1, 0.15) is 16.2 Å². The van der Waals surface area contributed by atoms with Gasteiger partial charge in [0.1, 0.15) is 5.82 Å². The number of hydrogen-bond acceptors (Lipinski definition) is 2. The molecule has 1 heterocycles. The number of hydrogen-bond donors (Lipinski definition) is 1. The molecule has 4 nitrogen and oxygen atoms in total. The molecule has 0 saturated carbocycles. The molecule has 1 N–H and O–H groups in total. The van der Waals surface area contributed by atoms with Gasteiger partial charge >= 0.3 is 0 Å². The summed E-state index contributed by atoms with van der Waals surface area (Å²) < 4.78 is 2.81. The number of amides is 1. The Morgan fingerprint density at radius 1 is 1.53 bits per heavy atom.